The maximum absolute atomic E-state index is 12.2. The molecule has 3 rings (SSSR count). The zero-order chi connectivity index (χ0) is 19.2. The molecule has 0 fully saturated rings. The minimum atomic E-state index is -0.411. The van der Waals surface area contributed by atoms with Gasteiger partial charge in [-0.15, -0.1) is 0 Å². The van der Waals surface area contributed by atoms with Crippen LogP contribution in [-0.4, -0.2) is 16.9 Å². The van der Waals surface area contributed by atoms with Crippen LogP contribution in [0.3, 0.4) is 0 Å². The van der Waals surface area contributed by atoms with E-state index in [-0.39, 0.29) is 22.9 Å². The molecule has 2 aromatic heterocycles. The van der Waals surface area contributed by atoms with Gasteiger partial charge >= 0.3 is 6.03 Å². The SMILES string of the molecule is CC(NC(=O)Nc1ccc(NC(=O)c2ccco2)c(Cl)c1)c1ccncc1. The number of carbonyl (C=O) groups is 2. The van der Waals surface area contributed by atoms with Gasteiger partial charge in [0, 0.05) is 18.1 Å². The second kappa shape index (κ2) is 8.37. The zero-order valence-electron chi connectivity index (χ0n) is 14.4. The molecule has 1 unspecified atom stereocenters. The Labute approximate surface area is 160 Å². The van der Waals surface area contributed by atoms with E-state index in [4.69, 9.17) is 16.0 Å². The summed E-state index contributed by atoms with van der Waals surface area (Å²) in [6.45, 7) is 1.87. The first-order valence-electron chi connectivity index (χ1n) is 8.15. The van der Waals surface area contributed by atoms with Crippen molar-refractivity contribution >= 4 is 34.9 Å². The molecule has 2 heterocycles. The maximum Gasteiger partial charge on any atom is 0.319 e. The predicted molar refractivity (Wildman–Crippen MR) is 103 cm³/mol. The summed E-state index contributed by atoms with van der Waals surface area (Å²) in [5.74, 6) is -0.232. The molecule has 8 heteroatoms. The highest BCUT2D eigenvalue weighted by Crippen LogP contribution is 2.26. The third-order valence-electron chi connectivity index (χ3n) is 3.77. The second-order valence-corrected chi connectivity index (χ2v) is 6.13. The Bertz CT molecular complexity index is 929. The number of furan rings is 1. The maximum atomic E-state index is 12.2. The van der Waals surface area contributed by atoms with Crippen molar-refractivity contribution in [2.75, 3.05) is 10.6 Å². The normalized spacial score (nSPS) is 11.5. The number of urea groups is 1. The van der Waals surface area contributed by atoms with Crippen molar-refractivity contribution < 1.29 is 14.0 Å². The van der Waals surface area contributed by atoms with Crippen LogP contribution >= 0.6 is 11.6 Å². The lowest BCUT2D eigenvalue weighted by atomic mass is 10.1. The standard InChI is InChI=1S/C19H17ClN4O3/c1-12(13-6-8-21-9-7-13)22-19(26)23-14-4-5-16(15(20)11-14)24-18(25)17-3-2-10-27-17/h2-12H,1H3,(H,24,25)(H2,22,23,26). The first kappa shape index (κ1) is 18.5. The number of carbonyl (C=O) groups excluding carboxylic acids is 2. The molecule has 3 N–H and O–H groups in total. The molecule has 0 spiro atoms. The molecular weight excluding hydrogens is 368 g/mol. The van der Waals surface area contributed by atoms with E-state index in [0.29, 0.717) is 11.4 Å². The van der Waals surface area contributed by atoms with E-state index >= 15 is 0 Å². The molecule has 1 aromatic carbocycles. The summed E-state index contributed by atoms with van der Waals surface area (Å²) < 4.78 is 5.03. The molecule has 3 amide bonds. The Morgan fingerprint density at radius 3 is 2.56 bits per heavy atom. The molecular formula is C19H17ClN4O3. The lowest BCUT2D eigenvalue weighted by Crippen LogP contribution is -2.31. The number of nitrogens with one attached hydrogen (secondary N) is 3. The van der Waals surface area contributed by atoms with E-state index < -0.39 is 5.91 Å². The average molecular weight is 385 g/mol. The van der Waals surface area contributed by atoms with E-state index in [1.807, 2.05) is 19.1 Å². The molecule has 3 aromatic rings. The highest BCUT2D eigenvalue weighted by Gasteiger charge is 2.13. The number of anilines is 2. The number of amides is 3. The van der Waals surface area contributed by atoms with E-state index in [9.17, 15) is 9.59 Å². The van der Waals surface area contributed by atoms with Crippen LogP contribution < -0.4 is 16.0 Å². The van der Waals surface area contributed by atoms with Crippen molar-refractivity contribution in [3.63, 3.8) is 0 Å². The lowest BCUT2D eigenvalue weighted by Gasteiger charge is -2.15. The number of aromatic nitrogens is 1. The van der Waals surface area contributed by atoms with Crippen molar-refractivity contribution in [3.05, 3.63) is 77.5 Å². The highest BCUT2D eigenvalue weighted by atomic mass is 35.5. The number of halogens is 1. The largest absolute Gasteiger partial charge is 0.459 e. The fourth-order valence-electron chi connectivity index (χ4n) is 2.39. The van der Waals surface area contributed by atoms with Gasteiger partial charge in [-0.2, -0.15) is 0 Å². The van der Waals surface area contributed by atoms with Gasteiger partial charge in [-0.05, 0) is 55.0 Å². The quantitative estimate of drug-likeness (QED) is 0.605. The van der Waals surface area contributed by atoms with Crippen LogP contribution in [0.15, 0.2) is 65.5 Å². The van der Waals surface area contributed by atoms with Gasteiger partial charge in [-0.25, -0.2) is 4.79 Å². The fourth-order valence-corrected chi connectivity index (χ4v) is 2.61. The predicted octanol–water partition coefficient (Wildman–Crippen LogP) is 4.46. The van der Waals surface area contributed by atoms with E-state index in [2.05, 4.69) is 20.9 Å². The van der Waals surface area contributed by atoms with Crippen LogP contribution in [0.2, 0.25) is 5.02 Å². The Morgan fingerprint density at radius 1 is 1.11 bits per heavy atom. The molecule has 0 saturated heterocycles. The van der Waals surface area contributed by atoms with Gasteiger partial charge in [-0.1, -0.05) is 11.6 Å². The Morgan fingerprint density at radius 2 is 1.89 bits per heavy atom. The summed E-state index contributed by atoms with van der Waals surface area (Å²) >= 11 is 6.20. The van der Waals surface area contributed by atoms with Crippen LogP contribution in [0.25, 0.3) is 0 Å². The number of nitrogens with zero attached hydrogens (tertiary/aromatic N) is 1. The van der Waals surface area contributed by atoms with Crippen LogP contribution in [0.5, 0.6) is 0 Å². The van der Waals surface area contributed by atoms with Gasteiger partial charge in [-0.3, -0.25) is 9.78 Å². The van der Waals surface area contributed by atoms with Crippen LogP contribution in [0, 0.1) is 0 Å². The monoisotopic (exact) mass is 384 g/mol. The van der Waals surface area contributed by atoms with Crippen molar-refractivity contribution in [2.24, 2.45) is 0 Å². The highest BCUT2D eigenvalue weighted by molar-refractivity contribution is 6.34. The van der Waals surface area contributed by atoms with Gasteiger partial charge in [0.25, 0.3) is 5.91 Å². The molecule has 0 saturated carbocycles. The third-order valence-corrected chi connectivity index (χ3v) is 4.09. The van der Waals surface area contributed by atoms with E-state index in [1.165, 1.54) is 6.26 Å². The van der Waals surface area contributed by atoms with Gasteiger partial charge in [0.05, 0.1) is 23.0 Å². The minimum absolute atomic E-state index is 0.178. The topological polar surface area (TPSA) is 96.3 Å². The number of hydrogen-bond acceptors (Lipinski definition) is 4. The summed E-state index contributed by atoms with van der Waals surface area (Å²) in [5, 5.41) is 8.47. The summed E-state index contributed by atoms with van der Waals surface area (Å²) in [5.41, 5.74) is 1.85. The second-order valence-electron chi connectivity index (χ2n) is 5.73. The lowest BCUT2D eigenvalue weighted by molar-refractivity contribution is 0.0996. The van der Waals surface area contributed by atoms with Crippen molar-refractivity contribution in [2.45, 2.75) is 13.0 Å². The molecule has 138 valence electrons. The Kier molecular flexibility index (Phi) is 5.73. The molecule has 0 aliphatic rings. The van der Waals surface area contributed by atoms with E-state index in [1.54, 1.807) is 42.7 Å². The zero-order valence-corrected chi connectivity index (χ0v) is 15.2. The van der Waals surface area contributed by atoms with Gasteiger partial charge in [0.2, 0.25) is 0 Å². The van der Waals surface area contributed by atoms with Gasteiger partial charge < -0.3 is 20.4 Å². The molecule has 0 aliphatic heterocycles. The molecule has 1 atom stereocenters. The van der Waals surface area contributed by atoms with Crippen LogP contribution in [0.1, 0.15) is 29.1 Å². The minimum Gasteiger partial charge on any atom is -0.459 e. The van der Waals surface area contributed by atoms with Crippen molar-refractivity contribution in [1.82, 2.24) is 10.3 Å². The molecule has 7 nitrogen and oxygen atoms in total. The van der Waals surface area contributed by atoms with Gasteiger partial charge in [0.1, 0.15) is 0 Å². The van der Waals surface area contributed by atoms with E-state index in [0.717, 1.165) is 5.56 Å². The van der Waals surface area contributed by atoms with Crippen molar-refractivity contribution in [1.29, 1.82) is 0 Å². The van der Waals surface area contributed by atoms with Crippen LogP contribution in [0.4, 0.5) is 16.2 Å². The molecule has 0 radical (unpaired) electrons. The Balaban J connectivity index is 1.60. The smallest absolute Gasteiger partial charge is 0.319 e. The number of pyridine rings is 1. The third kappa shape index (κ3) is 4.86. The molecule has 0 bridgehead atoms. The molecule has 27 heavy (non-hydrogen) atoms. The summed E-state index contributed by atoms with van der Waals surface area (Å²) in [6, 6.07) is 11.1. The summed E-state index contributed by atoms with van der Waals surface area (Å²) in [4.78, 5) is 28.1. The number of hydrogen-bond donors (Lipinski definition) is 3. The number of benzene rings is 1. The first-order valence-corrected chi connectivity index (χ1v) is 8.52. The average Bonchev–Trinajstić information content (AvgIpc) is 3.19. The molecule has 0 aliphatic carbocycles. The summed E-state index contributed by atoms with van der Waals surface area (Å²) in [7, 11) is 0. The van der Waals surface area contributed by atoms with Crippen molar-refractivity contribution in [3.8, 4) is 0 Å². The van der Waals surface area contributed by atoms with Gasteiger partial charge in [0.15, 0.2) is 5.76 Å². The number of rotatable bonds is 5. The fraction of sp³-hybridized carbons (Fsp3) is 0.105. The first-order chi connectivity index (χ1) is 13.0. The Hall–Kier alpha value is -3.32. The van der Waals surface area contributed by atoms with Crippen LogP contribution in [-0.2, 0) is 0 Å². The summed E-state index contributed by atoms with van der Waals surface area (Å²) in [6.07, 6.45) is 4.75.